The van der Waals surface area contributed by atoms with E-state index < -0.39 is 0 Å². The Bertz CT molecular complexity index is 159. The minimum Gasteiger partial charge on any atom is -0.355 e. The molecule has 0 saturated carbocycles. The number of nitrogens with one attached hydrogen (secondary N) is 2. The summed E-state index contributed by atoms with van der Waals surface area (Å²) in [6.07, 6.45) is 4.20. The summed E-state index contributed by atoms with van der Waals surface area (Å²) in [4.78, 5) is 11.2. The highest BCUT2D eigenvalue weighted by atomic mass is 16.1. The van der Waals surface area contributed by atoms with Crippen LogP contribution < -0.4 is 16.4 Å². The fourth-order valence-electron chi connectivity index (χ4n) is 1.01. The molecule has 0 aliphatic heterocycles. The Morgan fingerprint density at radius 3 is 2.79 bits per heavy atom. The largest absolute Gasteiger partial charge is 0.355 e. The van der Waals surface area contributed by atoms with Gasteiger partial charge >= 0.3 is 0 Å². The second-order valence-corrected chi connectivity index (χ2v) is 3.07. The van der Waals surface area contributed by atoms with Crippen LogP contribution in [0.25, 0.3) is 0 Å². The summed E-state index contributed by atoms with van der Waals surface area (Å²) >= 11 is 0. The fraction of sp³-hybridized carbons (Fsp3) is 0.700. The molecule has 4 heteroatoms. The third-order valence-corrected chi connectivity index (χ3v) is 1.76. The highest BCUT2D eigenvalue weighted by molar-refractivity contribution is 5.75. The highest BCUT2D eigenvalue weighted by Gasteiger charge is 1.98. The van der Waals surface area contributed by atoms with E-state index in [1.54, 1.807) is 0 Å². The first kappa shape index (κ1) is 13.1. The first-order valence-corrected chi connectivity index (χ1v) is 5.09. The quantitative estimate of drug-likeness (QED) is 0.362. The topological polar surface area (TPSA) is 67.2 Å². The maximum Gasteiger partial charge on any atom is 0.220 e. The second-order valence-electron chi connectivity index (χ2n) is 3.07. The molecule has 0 radical (unpaired) electrons. The Hall–Kier alpha value is -0.870. The van der Waals surface area contributed by atoms with Crippen molar-refractivity contribution in [3.05, 3.63) is 12.7 Å². The average molecular weight is 199 g/mol. The first-order chi connectivity index (χ1) is 6.81. The number of amides is 1. The van der Waals surface area contributed by atoms with E-state index in [4.69, 9.17) is 5.73 Å². The van der Waals surface area contributed by atoms with E-state index in [-0.39, 0.29) is 5.91 Å². The van der Waals surface area contributed by atoms with Crippen molar-refractivity contribution in [3.63, 3.8) is 0 Å². The van der Waals surface area contributed by atoms with Crippen molar-refractivity contribution in [2.75, 3.05) is 26.2 Å². The van der Waals surface area contributed by atoms with Gasteiger partial charge in [-0.2, -0.15) is 0 Å². The molecule has 4 N–H and O–H groups in total. The van der Waals surface area contributed by atoms with Crippen molar-refractivity contribution in [2.24, 2.45) is 5.73 Å². The van der Waals surface area contributed by atoms with Crippen LogP contribution in [-0.4, -0.2) is 32.1 Å². The molecule has 0 aromatic rings. The molecule has 0 aliphatic rings. The van der Waals surface area contributed by atoms with Gasteiger partial charge in [-0.1, -0.05) is 6.08 Å². The highest BCUT2D eigenvalue weighted by Crippen LogP contribution is 1.94. The van der Waals surface area contributed by atoms with Gasteiger partial charge in [-0.25, -0.2) is 0 Å². The van der Waals surface area contributed by atoms with E-state index >= 15 is 0 Å². The van der Waals surface area contributed by atoms with Gasteiger partial charge in [0, 0.05) is 32.6 Å². The van der Waals surface area contributed by atoms with Gasteiger partial charge in [-0.05, 0) is 12.8 Å². The third kappa shape index (κ3) is 9.22. The minimum atomic E-state index is 0.112. The van der Waals surface area contributed by atoms with E-state index in [9.17, 15) is 4.79 Å². The molecule has 0 heterocycles. The summed E-state index contributed by atoms with van der Waals surface area (Å²) in [5.41, 5.74) is 5.29. The molecule has 1 amide bonds. The molecule has 4 nitrogen and oxygen atoms in total. The molecule has 14 heavy (non-hydrogen) atoms. The third-order valence-electron chi connectivity index (χ3n) is 1.76. The zero-order valence-corrected chi connectivity index (χ0v) is 8.72. The number of carbonyl (C=O) groups excluding carboxylic acids is 1. The summed E-state index contributed by atoms with van der Waals surface area (Å²) in [7, 11) is 0. The Morgan fingerprint density at radius 2 is 2.14 bits per heavy atom. The lowest BCUT2D eigenvalue weighted by Gasteiger charge is -2.05. The predicted molar refractivity (Wildman–Crippen MR) is 59.0 cm³/mol. The van der Waals surface area contributed by atoms with Crippen molar-refractivity contribution in [3.8, 4) is 0 Å². The van der Waals surface area contributed by atoms with E-state index in [1.807, 2.05) is 6.08 Å². The number of hydrogen-bond donors (Lipinski definition) is 3. The zero-order chi connectivity index (χ0) is 10.6. The van der Waals surface area contributed by atoms with Crippen LogP contribution in [0.4, 0.5) is 0 Å². The Labute approximate surface area is 85.9 Å². The second kappa shape index (κ2) is 10.2. The summed E-state index contributed by atoms with van der Waals surface area (Å²) < 4.78 is 0. The number of hydrogen-bond acceptors (Lipinski definition) is 3. The zero-order valence-electron chi connectivity index (χ0n) is 8.72. The monoisotopic (exact) mass is 199 g/mol. The SMILES string of the molecule is C=CCCCC(=O)NCCNCCN. The molecule has 0 aliphatic carbocycles. The predicted octanol–water partition coefficient (Wildman–Crippen LogP) is 0.00720. The van der Waals surface area contributed by atoms with Crippen LogP contribution in [-0.2, 0) is 4.79 Å². The molecule has 0 bridgehead atoms. The van der Waals surface area contributed by atoms with E-state index in [0.717, 1.165) is 25.9 Å². The van der Waals surface area contributed by atoms with Crippen molar-refractivity contribution in [2.45, 2.75) is 19.3 Å². The molecule has 0 atom stereocenters. The number of carbonyl (C=O) groups is 1. The van der Waals surface area contributed by atoms with Crippen LogP contribution in [0.5, 0.6) is 0 Å². The number of rotatable bonds is 9. The van der Waals surface area contributed by atoms with Crippen LogP contribution in [0.3, 0.4) is 0 Å². The normalized spacial score (nSPS) is 9.79. The molecule has 0 saturated heterocycles. The van der Waals surface area contributed by atoms with Crippen molar-refractivity contribution >= 4 is 5.91 Å². The van der Waals surface area contributed by atoms with Gasteiger partial charge in [-0.3, -0.25) is 4.79 Å². The van der Waals surface area contributed by atoms with Gasteiger partial charge in [-0.15, -0.1) is 6.58 Å². The Balaban J connectivity index is 3.14. The molecule has 0 rings (SSSR count). The van der Waals surface area contributed by atoms with Crippen molar-refractivity contribution in [1.29, 1.82) is 0 Å². The lowest BCUT2D eigenvalue weighted by atomic mass is 10.2. The molecular weight excluding hydrogens is 178 g/mol. The number of unbranched alkanes of at least 4 members (excludes halogenated alkanes) is 1. The Kier molecular flexibility index (Phi) is 9.58. The maximum atomic E-state index is 11.2. The van der Waals surface area contributed by atoms with Crippen molar-refractivity contribution < 1.29 is 4.79 Å². The Morgan fingerprint density at radius 1 is 1.36 bits per heavy atom. The number of allylic oxidation sites excluding steroid dienone is 1. The van der Waals surface area contributed by atoms with Gasteiger partial charge in [0.25, 0.3) is 0 Å². The molecule has 0 fully saturated rings. The lowest BCUT2D eigenvalue weighted by Crippen LogP contribution is -2.33. The minimum absolute atomic E-state index is 0.112. The van der Waals surface area contributed by atoms with E-state index in [2.05, 4.69) is 17.2 Å². The summed E-state index contributed by atoms with van der Waals surface area (Å²) in [6, 6.07) is 0. The molecule has 0 aromatic carbocycles. The average Bonchev–Trinajstić information content (AvgIpc) is 2.18. The fourth-order valence-corrected chi connectivity index (χ4v) is 1.01. The molecule has 0 aromatic heterocycles. The van der Waals surface area contributed by atoms with Crippen molar-refractivity contribution in [1.82, 2.24) is 10.6 Å². The maximum absolute atomic E-state index is 11.2. The van der Waals surface area contributed by atoms with E-state index in [0.29, 0.717) is 19.5 Å². The summed E-state index contributed by atoms with van der Waals surface area (Å²) in [5, 5.41) is 5.93. The van der Waals surface area contributed by atoms with Gasteiger partial charge in [0.05, 0.1) is 0 Å². The molecule has 0 unspecified atom stereocenters. The molecule has 82 valence electrons. The number of nitrogens with two attached hydrogens (primary N) is 1. The molecular formula is C10H21N3O. The van der Waals surface area contributed by atoms with Gasteiger partial charge in [0.15, 0.2) is 0 Å². The smallest absolute Gasteiger partial charge is 0.220 e. The summed E-state index contributed by atoms with van der Waals surface area (Å²) in [6.45, 7) is 6.49. The summed E-state index contributed by atoms with van der Waals surface area (Å²) in [5.74, 6) is 0.112. The van der Waals surface area contributed by atoms with Gasteiger partial charge in [0.1, 0.15) is 0 Å². The van der Waals surface area contributed by atoms with Gasteiger partial charge < -0.3 is 16.4 Å². The van der Waals surface area contributed by atoms with Crippen LogP contribution in [0.15, 0.2) is 12.7 Å². The van der Waals surface area contributed by atoms with Gasteiger partial charge in [0.2, 0.25) is 5.91 Å². The lowest BCUT2D eigenvalue weighted by molar-refractivity contribution is -0.121. The van der Waals surface area contributed by atoms with E-state index in [1.165, 1.54) is 0 Å². The van der Waals surface area contributed by atoms with Crippen LogP contribution in [0.2, 0.25) is 0 Å². The van der Waals surface area contributed by atoms with Crippen LogP contribution in [0, 0.1) is 0 Å². The first-order valence-electron chi connectivity index (χ1n) is 5.09. The molecule has 0 spiro atoms. The standard InChI is InChI=1S/C10H21N3O/c1-2-3-4-5-10(14)13-9-8-12-7-6-11/h2,12H,1,3-9,11H2,(H,13,14). The van der Waals surface area contributed by atoms with Crippen LogP contribution >= 0.6 is 0 Å². The van der Waals surface area contributed by atoms with Crippen LogP contribution in [0.1, 0.15) is 19.3 Å².